The number of allylic oxidation sites excluding steroid dienone is 1. The molecule has 11 heteroatoms. The minimum absolute atomic E-state index is 0.0555. The van der Waals surface area contributed by atoms with Crippen molar-refractivity contribution in [2.75, 3.05) is 20.2 Å². The average molecular weight is 687 g/mol. The van der Waals surface area contributed by atoms with Crippen LogP contribution in [-0.2, 0) is 21.4 Å². The van der Waals surface area contributed by atoms with Crippen LogP contribution in [0.1, 0.15) is 102 Å². The van der Waals surface area contributed by atoms with E-state index in [0.717, 1.165) is 64.3 Å². The third-order valence-corrected chi connectivity index (χ3v) is 11.1. The normalized spacial score (nSPS) is 27.4. The SMILES string of the molecule is CCCCCCC(=O)CCCCCC/C=C/C[C@@H](O)[C@H](O)[C@@](N)(CO)C(=O)O.CN1CC[C@]23c4c5ccc(O)c4O[C@H]2[C@@H](O)C=C[C@H]3[C@H]1C5. The van der Waals surface area contributed by atoms with Crippen LogP contribution in [0.2, 0.25) is 0 Å². The Morgan fingerprint density at radius 3 is 2.45 bits per heavy atom. The number of benzene rings is 1. The summed E-state index contributed by atoms with van der Waals surface area (Å²) in [5.74, 6) is -0.0111. The van der Waals surface area contributed by atoms with Crippen LogP contribution < -0.4 is 10.5 Å². The quantitative estimate of drug-likeness (QED) is 0.0883. The molecule has 8 atom stereocenters. The summed E-state index contributed by atoms with van der Waals surface area (Å²) in [4.78, 5) is 25.2. The molecule has 0 aromatic heterocycles. The molecule has 0 radical (unpaired) electrons. The van der Waals surface area contributed by atoms with Gasteiger partial charge in [-0.2, -0.15) is 0 Å². The first-order valence-corrected chi connectivity index (χ1v) is 18.2. The number of piperidine rings is 1. The molecule has 49 heavy (non-hydrogen) atoms. The molecule has 274 valence electrons. The van der Waals surface area contributed by atoms with Gasteiger partial charge in [0.1, 0.15) is 24.1 Å². The molecule has 1 aromatic rings. The summed E-state index contributed by atoms with van der Waals surface area (Å²) in [6.45, 7) is 2.20. The van der Waals surface area contributed by atoms with Crippen molar-refractivity contribution in [3.63, 3.8) is 0 Å². The van der Waals surface area contributed by atoms with Gasteiger partial charge >= 0.3 is 5.97 Å². The third kappa shape index (κ3) is 8.40. The molecule has 2 bridgehead atoms. The number of phenolic OH excluding ortho intramolecular Hbond substituents is 1. The van der Waals surface area contributed by atoms with E-state index >= 15 is 0 Å². The number of rotatable bonds is 18. The molecule has 1 aromatic carbocycles. The number of aromatic hydroxyl groups is 1. The van der Waals surface area contributed by atoms with Crippen LogP contribution in [0.15, 0.2) is 36.4 Å². The molecule has 1 saturated heterocycles. The number of carbonyl (C=O) groups excluding carboxylic acids is 1. The molecule has 1 fully saturated rings. The van der Waals surface area contributed by atoms with Crippen LogP contribution in [-0.4, -0.2) is 103 Å². The van der Waals surface area contributed by atoms with Crippen molar-refractivity contribution in [1.29, 1.82) is 0 Å². The van der Waals surface area contributed by atoms with Crippen molar-refractivity contribution in [1.82, 2.24) is 4.90 Å². The summed E-state index contributed by atoms with van der Waals surface area (Å²) < 4.78 is 6.09. The fourth-order valence-electron chi connectivity index (χ4n) is 8.16. The van der Waals surface area contributed by atoms with Gasteiger partial charge in [0, 0.05) is 35.8 Å². The number of aliphatic hydroxyl groups is 4. The number of hydrogen-bond donors (Lipinski definition) is 7. The van der Waals surface area contributed by atoms with E-state index in [1.165, 1.54) is 24.0 Å². The van der Waals surface area contributed by atoms with E-state index in [4.69, 9.17) is 20.7 Å². The number of ketones is 1. The summed E-state index contributed by atoms with van der Waals surface area (Å²) in [5.41, 5.74) is 5.45. The molecule has 2 aliphatic heterocycles. The lowest BCUT2D eigenvalue weighted by molar-refractivity contribution is -0.155. The number of likely N-dealkylation sites (tertiary alicyclic amines) is 1. The molecule has 0 amide bonds. The maximum absolute atomic E-state index is 11.7. The Morgan fingerprint density at radius 1 is 1.08 bits per heavy atom. The number of aliphatic carboxylic acids is 1. The van der Waals surface area contributed by atoms with Gasteiger partial charge < -0.3 is 46.0 Å². The number of nitrogens with zero attached hydrogens (tertiary/aromatic N) is 1. The van der Waals surface area contributed by atoms with Crippen LogP contribution in [0.3, 0.4) is 0 Å². The van der Waals surface area contributed by atoms with Gasteiger partial charge in [-0.05, 0) is 70.2 Å². The van der Waals surface area contributed by atoms with Crippen molar-refractivity contribution in [3.8, 4) is 11.5 Å². The predicted molar refractivity (Wildman–Crippen MR) is 186 cm³/mol. The molecule has 1 spiro atoms. The molecular formula is C38H58N2O9. The van der Waals surface area contributed by atoms with Gasteiger partial charge in [-0.15, -0.1) is 0 Å². The molecule has 2 aliphatic carbocycles. The number of hydrogen-bond acceptors (Lipinski definition) is 10. The van der Waals surface area contributed by atoms with E-state index in [-0.39, 0.29) is 23.7 Å². The van der Waals surface area contributed by atoms with Crippen LogP contribution in [0, 0.1) is 5.92 Å². The maximum Gasteiger partial charge on any atom is 0.328 e. The summed E-state index contributed by atoms with van der Waals surface area (Å²) in [7, 11) is 2.19. The number of nitrogens with two attached hydrogens (primary N) is 1. The van der Waals surface area contributed by atoms with E-state index in [1.807, 2.05) is 18.2 Å². The molecule has 2 heterocycles. The zero-order valence-corrected chi connectivity index (χ0v) is 29.2. The van der Waals surface area contributed by atoms with Gasteiger partial charge in [0.15, 0.2) is 17.0 Å². The van der Waals surface area contributed by atoms with E-state index in [9.17, 15) is 30.0 Å². The zero-order valence-electron chi connectivity index (χ0n) is 29.2. The number of Topliss-reactive ketones (excluding diaryl/α,β-unsaturated/α-hetero) is 1. The first kappa shape index (κ1) is 39.0. The van der Waals surface area contributed by atoms with Crippen LogP contribution in [0.5, 0.6) is 11.5 Å². The molecular weight excluding hydrogens is 628 g/mol. The second kappa shape index (κ2) is 17.4. The fourth-order valence-corrected chi connectivity index (χ4v) is 8.16. The standard InChI is InChI=1S/C21H39NO6.C17H19NO3/c1-2-3-4-10-13-17(24)14-11-8-6-5-7-9-12-15-18(25)19(26)21(22,16-23)20(27)28;1-18-7-6-17-10-3-5-13(20)16(17)21-15-12(19)4-2-9(14(15)17)8-11(10)18/h9,12,18-19,23,25-26H,2-8,10-11,13-16,22H2,1H3,(H,27,28);2-5,10-11,13,16,19-20H,6-8H2,1H3/b12-9+;/t18-,19+,21+;10-,11+,13-,16-,17-/m10/s1. The first-order valence-electron chi connectivity index (χ1n) is 18.2. The Morgan fingerprint density at radius 2 is 1.78 bits per heavy atom. The predicted octanol–water partition coefficient (Wildman–Crippen LogP) is 3.51. The molecule has 4 aliphatic rings. The lowest BCUT2D eigenvalue weighted by Gasteiger charge is -2.56. The van der Waals surface area contributed by atoms with Crippen molar-refractivity contribution >= 4 is 11.8 Å². The lowest BCUT2D eigenvalue weighted by Crippen LogP contribution is -2.64. The molecule has 0 unspecified atom stereocenters. The first-order chi connectivity index (χ1) is 23.4. The highest BCUT2D eigenvalue weighted by Crippen LogP contribution is 2.62. The summed E-state index contributed by atoms with van der Waals surface area (Å²) in [5, 5.41) is 58.4. The molecule has 5 rings (SSSR count). The molecule has 0 saturated carbocycles. The highest BCUT2D eigenvalue weighted by atomic mass is 16.5. The van der Waals surface area contributed by atoms with Crippen molar-refractivity contribution in [2.45, 2.75) is 138 Å². The molecule has 8 N–H and O–H groups in total. The van der Waals surface area contributed by atoms with Crippen LogP contribution >= 0.6 is 0 Å². The van der Waals surface area contributed by atoms with Gasteiger partial charge in [-0.25, -0.2) is 0 Å². The van der Waals surface area contributed by atoms with Crippen LogP contribution in [0.25, 0.3) is 0 Å². The minimum atomic E-state index is -2.28. The van der Waals surface area contributed by atoms with E-state index in [1.54, 1.807) is 12.1 Å². The Labute approximate surface area is 290 Å². The number of unbranched alkanes of at least 4 members (excludes halogenated alkanes) is 7. The lowest BCUT2D eigenvalue weighted by atomic mass is 9.53. The highest BCUT2D eigenvalue weighted by molar-refractivity contribution is 5.79. The third-order valence-electron chi connectivity index (χ3n) is 11.1. The van der Waals surface area contributed by atoms with Crippen molar-refractivity contribution in [2.24, 2.45) is 11.7 Å². The number of phenols is 1. The van der Waals surface area contributed by atoms with Gasteiger partial charge in [-0.3, -0.25) is 9.59 Å². The minimum Gasteiger partial charge on any atom is -0.504 e. The Kier molecular flexibility index (Phi) is 13.9. The van der Waals surface area contributed by atoms with Crippen molar-refractivity contribution < 1.29 is 45.0 Å². The average Bonchev–Trinajstić information content (AvgIpc) is 3.45. The Balaban J connectivity index is 0.000000227. The number of carboxylic acids is 1. The highest BCUT2D eigenvalue weighted by Gasteiger charge is 2.64. The second-order valence-electron chi connectivity index (χ2n) is 14.5. The summed E-state index contributed by atoms with van der Waals surface area (Å²) >= 11 is 0. The second-order valence-corrected chi connectivity index (χ2v) is 14.5. The van der Waals surface area contributed by atoms with E-state index < -0.39 is 36.4 Å². The number of carboxylic acid groups (broad SMARTS) is 1. The number of aliphatic hydroxyl groups excluding tert-OH is 4. The van der Waals surface area contributed by atoms with Gasteiger partial charge in [-0.1, -0.05) is 69.4 Å². The zero-order chi connectivity index (χ0) is 35.8. The number of ether oxygens (including phenoxy) is 1. The smallest absolute Gasteiger partial charge is 0.328 e. The summed E-state index contributed by atoms with van der Waals surface area (Å²) in [6, 6.07) is 4.23. The topological polar surface area (TPSA) is 194 Å². The van der Waals surface area contributed by atoms with Gasteiger partial charge in [0.2, 0.25) is 0 Å². The Bertz CT molecular complexity index is 1330. The van der Waals surface area contributed by atoms with E-state index in [0.29, 0.717) is 36.3 Å². The number of carbonyl (C=O) groups is 2. The monoisotopic (exact) mass is 686 g/mol. The largest absolute Gasteiger partial charge is 0.504 e. The van der Waals surface area contributed by atoms with E-state index in [2.05, 4.69) is 24.9 Å². The fraction of sp³-hybridized carbons (Fsp3) is 0.684. The van der Waals surface area contributed by atoms with Gasteiger partial charge in [0.05, 0.1) is 12.7 Å². The van der Waals surface area contributed by atoms with Gasteiger partial charge in [0.25, 0.3) is 0 Å². The number of likely N-dealkylation sites (N-methyl/N-ethyl adjacent to an activating group) is 1. The maximum atomic E-state index is 11.7. The Hall–Kier alpha value is -2.80. The van der Waals surface area contributed by atoms with Crippen molar-refractivity contribution in [3.05, 3.63) is 47.6 Å². The van der Waals surface area contributed by atoms with Crippen LogP contribution in [0.4, 0.5) is 0 Å². The molecule has 11 nitrogen and oxygen atoms in total. The summed E-state index contributed by atoms with van der Waals surface area (Å²) in [6.07, 6.45) is 16.3.